The van der Waals surface area contributed by atoms with Crippen LogP contribution < -0.4 is 10.5 Å². The van der Waals surface area contributed by atoms with Crippen LogP contribution in [-0.2, 0) is 0 Å². The molecule has 1 saturated heterocycles. The van der Waals surface area contributed by atoms with E-state index in [0.29, 0.717) is 39.5 Å². The van der Waals surface area contributed by atoms with Gasteiger partial charge in [0.05, 0.1) is 12.1 Å². The third-order valence-corrected chi connectivity index (χ3v) is 6.09. The van der Waals surface area contributed by atoms with E-state index in [1.807, 2.05) is 29.2 Å². The third kappa shape index (κ3) is 7.80. The van der Waals surface area contributed by atoms with Crippen molar-refractivity contribution in [2.75, 3.05) is 20.2 Å². The summed E-state index contributed by atoms with van der Waals surface area (Å²) in [6.45, 7) is 2.97. The first kappa shape index (κ1) is 27.2. The van der Waals surface area contributed by atoms with E-state index in [1.165, 1.54) is 5.56 Å². The average molecular weight is 527 g/mol. The van der Waals surface area contributed by atoms with Crippen molar-refractivity contribution < 1.29 is 14.3 Å². The molecular formula is C27H28Cl2N4O3. The summed E-state index contributed by atoms with van der Waals surface area (Å²) in [5.74, 6) is 0.671. The molecule has 9 heteroatoms. The lowest BCUT2D eigenvalue weighted by molar-refractivity contribution is 0.0706. The van der Waals surface area contributed by atoms with Crippen LogP contribution in [0.1, 0.15) is 52.0 Å². The topological polar surface area (TPSA) is 97.9 Å². The predicted octanol–water partition coefficient (Wildman–Crippen LogP) is 5.62. The molecule has 0 saturated carbocycles. The van der Waals surface area contributed by atoms with Gasteiger partial charge in [-0.1, -0.05) is 35.3 Å². The summed E-state index contributed by atoms with van der Waals surface area (Å²) in [4.78, 5) is 34.2. The van der Waals surface area contributed by atoms with Crippen LogP contribution in [0.4, 0.5) is 0 Å². The molecule has 36 heavy (non-hydrogen) atoms. The number of piperidine rings is 1. The molecule has 0 spiro atoms. The number of benzene rings is 2. The highest BCUT2D eigenvalue weighted by molar-refractivity contribution is 6.30. The molecule has 1 aliphatic heterocycles. The Morgan fingerprint density at radius 3 is 2.22 bits per heavy atom. The van der Waals surface area contributed by atoms with Crippen LogP contribution in [0.5, 0.6) is 5.88 Å². The van der Waals surface area contributed by atoms with Crippen molar-refractivity contribution in [2.24, 2.45) is 10.7 Å². The van der Waals surface area contributed by atoms with Gasteiger partial charge in [0.2, 0.25) is 5.88 Å². The minimum absolute atomic E-state index is 0.0221. The van der Waals surface area contributed by atoms with Crippen LogP contribution in [-0.4, -0.2) is 47.7 Å². The SMILES string of the molecule is CC(N)=NC(=O)c1ccc(C(=O)N2CCCC(c3ccc(Cl)cc3)C2)cc1.COc1ccc(Cl)cn1. The second kappa shape index (κ2) is 13.0. The predicted molar refractivity (Wildman–Crippen MR) is 143 cm³/mol. The molecule has 2 amide bonds. The Morgan fingerprint density at radius 2 is 1.64 bits per heavy atom. The van der Waals surface area contributed by atoms with Crippen LogP contribution in [0.3, 0.4) is 0 Å². The van der Waals surface area contributed by atoms with Crippen LogP contribution >= 0.6 is 23.2 Å². The van der Waals surface area contributed by atoms with Crippen molar-refractivity contribution in [3.8, 4) is 5.88 Å². The molecule has 0 bridgehead atoms. The lowest BCUT2D eigenvalue weighted by atomic mass is 9.90. The Bertz CT molecular complexity index is 1190. The maximum Gasteiger partial charge on any atom is 0.278 e. The molecular weight excluding hydrogens is 499 g/mol. The Hall–Kier alpha value is -3.42. The molecule has 7 nitrogen and oxygen atoms in total. The number of carbonyl (C=O) groups is 2. The molecule has 1 aromatic heterocycles. The molecule has 3 aromatic rings. The molecule has 1 aliphatic rings. The summed E-state index contributed by atoms with van der Waals surface area (Å²) in [6, 6.07) is 17.8. The summed E-state index contributed by atoms with van der Waals surface area (Å²) in [5.41, 5.74) is 7.62. The second-order valence-corrected chi connectivity index (χ2v) is 9.17. The Morgan fingerprint density at radius 1 is 1.00 bits per heavy atom. The molecule has 2 aromatic carbocycles. The number of hydrogen-bond donors (Lipinski definition) is 1. The highest BCUT2D eigenvalue weighted by Crippen LogP contribution is 2.28. The number of aromatic nitrogens is 1. The first-order chi connectivity index (χ1) is 17.3. The van der Waals surface area contributed by atoms with E-state index in [-0.39, 0.29) is 11.7 Å². The van der Waals surface area contributed by atoms with Crippen molar-refractivity contribution in [2.45, 2.75) is 25.7 Å². The highest BCUT2D eigenvalue weighted by atomic mass is 35.5. The second-order valence-electron chi connectivity index (χ2n) is 8.30. The zero-order valence-corrected chi connectivity index (χ0v) is 21.7. The van der Waals surface area contributed by atoms with Crippen molar-refractivity contribution in [3.63, 3.8) is 0 Å². The van der Waals surface area contributed by atoms with Crippen LogP contribution in [0, 0.1) is 0 Å². The molecule has 0 aliphatic carbocycles. The van der Waals surface area contributed by atoms with Crippen molar-refractivity contribution in [1.29, 1.82) is 0 Å². The van der Waals surface area contributed by atoms with E-state index in [1.54, 1.807) is 56.6 Å². The molecule has 0 radical (unpaired) electrons. The van der Waals surface area contributed by atoms with Gasteiger partial charge in [0.25, 0.3) is 11.8 Å². The van der Waals surface area contributed by atoms with Crippen molar-refractivity contribution in [1.82, 2.24) is 9.88 Å². The lowest BCUT2D eigenvalue weighted by Gasteiger charge is -2.33. The van der Waals surface area contributed by atoms with E-state index in [9.17, 15) is 9.59 Å². The van der Waals surface area contributed by atoms with Gasteiger partial charge in [-0.05, 0) is 67.8 Å². The fourth-order valence-corrected chi connectivity index (χ4v) is 4.05. The Balaban J connectivity index is 0.000000338. The zero-order chi connectivity index (χ0) is 26.1. The zero-order valence-electron chi connectivity index (χ0n) is 20.2. The third-order valence-electron chi connectivity index (χ3n) is 5.62. The van der Waals surface area contributed by atoms with E-state index >= 15 is 0 Å². The minimum Gasteiger partial charge on any atom is -0.481 e. The number of halogens is 2. The van der Waals surface area contributed by atoms with Gasteiger partial charge in [-0.25, -0.2) is 4.98 Å². The van der Waals surface area contributed by atoms with Crippen LogP contribution in [0.25, 0.3) is 0 Å². The molecule has 4 rings (SSSR count). The average Bonchev–Trinajstić information content (AvgIpc) is 2.89. The number of amides is 2. The number of aliphatic imine (C=N–C) groups is 1. The number of methoxy groups -OCH3 is 1. The normalized spacial score (nSPS) is 15.5. The van der Waals surface area contributed by atoms with Gasteiger partial charge in [-0.2, -0.15) is 4.99 Å². The molecule has 2 heterocycles. The van der Waals surface area contributed by atoms with Gasteiger partial charge in [0.1, 0.15) is 5.84 Å². The number of likely N-dealkylation sites (tertiary alicyclic amines) is 1. The van der Waals surface area contributed by atoms with Crippen LogP contribution in [0.2, 0.25) is 10.0 Å². The number of rotatable bonds is 4. The first-order valence-corrected chi connectivity index (χ1v) is 12.2. The Labute approximate surface area is 220 Å². The Kier molecular flexibility index (Phi) is 9.85. The molecule has 188 valence electrons. The van der Waals surface area contributed by atoms with E-state index in [0.717, 1.165) is 19.4 Å². The van der Waals surface area contributed by atoms with Gasteiger partial charge in [-0.3, -0.25) is 9.59 Å². The van der Waals surface area contributed by atoms with Gasteiger partial charge in [-0.15, -0.1) is 0 Å². The van der Waals surface area contributed by atoms with Gasteiger partial charge in [0, 0.05) is 47.4 Å². The fraction of sp³-hybridized carbons (Fsp3) is 0.259. The molecule has 1 atom stereocenters. The van der Waals surface area contributed by atoms with Gasteiger partial charge in [0.15, 0.2) is 0 Å². The number of ether oxygens (including phenoxy) is 1. The van der Waals surface area contributed by atoms with Crippen LogP contribution in [0.15, 0.2) is 71.9 Å². The smallest absolute Gasteiger partial charge is 0.278 e. The molecule has 1 fully saturated rings. The van der Waals surface area contributed by atoms with E-state index in [2.05, 4.69) is 9.98 Å². The maximum absolute atomic E-state index is 12.9. The largest absolute Gasteiger partial charge is 0.481 e. The maximum atomic E-state index is 12.9. The number of pyridine rings is 1. The van der Waals surface area contributed by atoms with Crippen molar-refractivity contribution >= 4 is 40.9 Å². The quantitative estimate of drug-likeness (QED) is 0.351. The summed E-state index contributed by atoms with van der Waals surface area (Å²) in [7, 11) is 1.57. The first-order valence-electron chi connectivity index (χ1n) is 11.4. The number of carbonyl (C=O) groups excluding carboxylic acids is 2. The minimum atomic E-state index is -0.408. The van der Waals surface area contributed by atoms with E-state index < -0.39 is 5.91 Å². The number of nitrogens with two attached hydrogens (primary N) is 1. The summed E-state index contributed by atoms with van der Waals surface area (Å²) >= 11 is 11.5. The van der Waals surface area contributed by atoms with Gasteiger partial charge < -0.3 is 15.4 Å². The number of nitrogens with zero attached hydrogens (tertiary/aromatic N) is 3. The summed E-state index contributed by atoms with van der Waals surface area (Å²) in [5, 5.41) is 1.34. The summed E-state index contributed by atoms with van der Waals surface area (Å²) < 4.78 is 4.80. The molecule has 1 unspecified atom stereocenters. The van der Waals surface area contributed by atoms with E-state index in [4.69, 9.17) is 33.7 Å². The fourth-order valence-electron chi connectivity index (χ4n) is 3.81. The monoisotopic (exact) mass is 526 g/mol. The van der Waals surface area contributed by atoms with Gasteiger partial charge >= 0.3 is 0 Å². The standard InChI is InChI=1S/C21H22ClN3O2.C6H6ClNO/c1-14(23)24-20(26)16-4-6-17(7-5-16)21(27)25-12-2-3-18(13-25)15-8-10-19(22)11-9-15;1-9-6-3-2-5(7)4-8-6/h4-11,18H,2-3,12-13H2,1H3,(H2,23,24,26);2-4H,1H3. The summed E-state index contributed by atoms with van der Waals surface area (Å²) in [6.07, 6.45) is 3.55. The van der Waals surface area contributed by atoms with Crippen molar-refractivity contribution in [3.05, 3.63) is 93.6 Å². The molecule has 2 N–H and O–H groups in total. The number of amidine groups is 1. The highest BCUT2D eigenvalue weighted by Gasteiger charge is 2.25. The number of hydrogen-bond acceptors (Lipinski definition) is 4. The lowest BCUT2D eigenvalue weighted by Crippen LogP contribution is -2.39.